The number of rotatable bonds is 34. The average Bonchev–Trinajstić information content (AvgIpc) is 2.98. The van der Waals surface area contributed by atoms with E-state index >= 15 is 0 Å². The molecular formula is C37H74ClNO5. The van der Waals surface area contributed by atoms with E-state index < -0.39 is 0 Å². The Labute approximate surface area is 279 Å². The van der Waals surface area contributed by atoms with E-state index in [1.165, 1.54) is 128 Å². The minimum Gasteiger partial charge on any atom is -0.850 e. The van der Waals surface area contributed by atoms with E-state index in [4.69, 9.17) is 9.47 Å². The molecule has 0 aliphatic rings. The molecule has 0 unspecified atom stereocenters. The molecule has 0 radical (unpaired) electrons. The van der Waals surface area contributed by atoms with Crippen LogP contribution in [0.4, 0.5) is 0 Å². The van der Waals surface area contributed by atoms with Gasteiger partial charge in [-0.05, 0) is 12.8 Å². The summed E-state index contributed by atoms with van der Waals surface area (Å²) in [5.74, 6) is -0.288. The molecule has 44 heavy (non-hydrogen) atoms. The minimum atomic E-state index is -0.198. The van der Waals surface area contributed by atoms with Gasteiger partial charge in [-0.3, -0.25) is 9.59 Å². The maximum atomic E-state index is 12.2. The molecule has 0 aromatic heterocycles. The summed E-state index contributed by atoms with van der Waals surface area (Å²) in [5, 5.41) is 11.4. The lowest BCUT2D eigenvalue weighted by molar-refractivity contribution is -0.914. The third-order valence-electron chi connectivity index (χ3n) is 8.89. The van der Waals surface area contributed by atoms with E-state index in [1.807, 2.05) is 7.05 Å². The summed E-state index contributed by atoms with van der Waals surface area (Å²) in [4.78, 5) is 24.3. The van der Waals surface area contributed by atoms with Gasteiger partial charge in [-0.1, -0.05) is 162 Å². The van der Waals surface area contributed by atoms with Gasteiger partial charge >= 0.3 is 11.9 Å². The average molecular weight is 648 g/mol. The van der Waals surface area contributed by atoms with Crippen molar-refractivity contribution in [3.8, 4) is 0 Å². The fraction of sp³-hybridized carbons (Fsp3) is 0.946. The normalized spacial score (nSPS) is 11.4. The number of likely N-dealkylation sites (N-methyl/N-ethyl adjacent to an activating group) is 1. The molecule has 0 spiro atoms. The Bertz CT molecular complexity index is 573. The number of hydrogen-bond acceptors (Lipinski definition) is 5. The molecule has 0 aromatic carbocycles. The minimum absolute atomic E-state index is 0. The molecule has 0 saturated carbocycles. The van der Waals surface area contributed by atoms with E-state index in [-0.39, 0.29) is 31.0 Å². The van der Waals surface area contributed by atoms with Crippen molar-refractivity contribution in [2.75, 3.05) is 46.5 Å². The smallest absolute Gasteiger partial charge is 0.305 e. The van der Waals surface area contributed by atoms with Gasteiger partial charge in [0, 0.05) is 12.8 Å². The summed E-state index contributed by atoms with van der Waals surface area (Å²) >= 11 is 0. The van der Waals surface area contributed by atoms with Gasteiger partial charge in [0.2, 0.25) is 0 Å². The van der Waals surface area contributed by atoms with Crippen molar-refractivity contribution in [2.45, 2.75) is 181 Å². The molecule has 0 rings (SSSR count). The quantitative estimate of drug-likeness (QED) is 0.0395. The van der Waals surface area contributed by atoms with Crippen LogP contribution in [0.3, 0.4) is 0 Å². The molecule has 0 saturated heterocycles. The molecule has 0 amide bonds. The van der Waals surface area contributed by atoms with Gasteiger partial charge in [-0.25, -0.2) is 0 Å². The summed E-state index contributed by atoms with van der Waals surface area (Å²) in [5.41, 5.74) is 0. The standard InChI is InChI=1S/C37H73NO5.ClH/c1-4-6-8-10-12-14-16-18-20-22-24-26-28-36(40)42-34-31-38(3,30-33-39)32-35-43-37(41)29-27-25-23-21-19-17-15-13-11-9-7-5-2;/h4-35H2,1-3H3;1H. The van der Waals surface area contributed by atoms with E-state index in [1.54, 1.807) is 0 Å². The molecular weight excluding hydrogens is 574 g/mol. The van der Waals surface area contributed by atoms with Gasteiger partial charge in [0.1, 0.15) is 26.3 Å². The molecule has 0 aromatic rings. The molecule has 0 bridgehead atoms. The molecule has 7 heteroatoms. The van der Waals surface area contributed by atoms with Crippen molar-refractivity contribution in [3.05, 3.63) is 0 Å². The summed E-state index contributed by atoms with van der Waals surface area (Å²) < 4.78 is 11.4. The van der Waals surface area contributed by atoms with Crippen LogP contribution in [0.25, 0.3) is 0 Å². The van der Waals surface area contributed by atoms with Crippen LogP contribution >= 0.6 is 12.4 Å². The highest BCUT2D eigenvalue weighted by molar-refractivity contribution is 5.85. The molecule has 0 aliphatic carbocycles. The topological polar surface area (TPSA) is 75.7 Å². The predicted molar refractivity (Wildman–Crippen MR) is 186 cm³/mol. The Hall–Kier alpha value is -0.850. The van der Waals surface area contributed by atoms with Crippen molar-refractivity contribution in [1.82, 2.24) is 0 Å². The number of ether oxygens (including phenoxy) is 2. The summed E-state index contributed by atoms with van der Waals surface area (Å²) in [6.45, 7) is 6.51. The summed E-state index contributed by atoms with van der Waals surface area (Å²) in [6, 6.07) is 0. The number of nitrogens with zero attached hydrogens (tertiary/aromatic N) is 1. The molecule has 0 N–H and O–H groups in total. The Balaban J connectivity index is 0. The highest BCUT2D eigenvalue weighted by Crippen LogP contribution is 2.14. The Morgan fingerprint density at radius 1 is 0.477 bits per heavy atom. The maximum absolute atomic E-state index is 12.2. The largest absolute Gasteiger partial charge is 0.850 e. The van der Waals surface area contributed by atoms with Crippen LogP contribution in [0.2, 0.25) is 0 Å². The molecule has 264 valence electrons. The number of unbranched alkanes of at least 4 members (excludes halogenated alkanes) is 22. The molecule has 0 fully saturated rings. The second-order valence-electron chi connectivity index (χ2n) is 13.2. The van der Waals surface area contributed by atoms with Crippen LogP contribution in [0.5, 0.6) is 0 Å². The lowest BCUT2D eigenvalue weighted by Crippen LogP contribution is -2.51. The number of carbonyl (C=O) groups excluding carboxylic acids is 2. The van der Waals surface area contributed by atoms with Gasteiger partial charge in [-0.2, -0.15) is 0 Å². The molecule has 0 atom stereocenters. The van der Waals surface area contributed by atoms with Gasteiger partial charge < -0.3 is 19.1 Å². The first-order valence-corrected chi connectivity index (χ1v) is 18.7. The van der Waals surface area contributed by atoms with Crippen LogP contribution in [-0.2, 0) is 19.1 Å². The summed E-state index contributed by atoms with van der Waals surface area (Å²) in [6.07, 6.45) is 31.5. The first-order chi connectivity index (χ1) is 21.0. The SMILES string of the molecule is CCCCCCCCCCCCCCC(=O)OCC[N+](C)(CC[O-])CCOC(=O)CCCCCCCCCCCCCC.Cl. The van der Waals surface area contributed by atoms with E-state index in [2.05, 4.69) is 13.8 Å². The van der Waals surface area contributed by atoms with Crippen LogP contribution in [0.15, 0.2) is 0 Å². The van der Waals surface area contributed by atoms with E-state index in [9.17, 15) is 14.7 Å². The van der Waals surface area contributed by atoms with Gasteiger partial charge in [0.25, 0.3) is 0 Å². The third-order valence-corrected chi connectivity index (χ3v) is 8.89. The van der Waals surface area contributed by atoms with Crippen molar-refractivity contribution >= 4 is 24.3 Å². The van der Waals surface area contributed by atoms with Crippen LogP contribution in [-0.4, -0.2) is 62.9 Å². The molecule has 6 nitrogen and oxygen atoms in total. The lowest BCUT2D eigenvalue weighted by atomic mass is 10.0. The molecule has 0 heterocycles. The Kier molecular flexibility index (Phi) is 36.0. The number of quaternary nitrogens is 1. The fourth-order valence-corrected chi connectivity index (χ4v) is 5.68. The monoisotopic (exact) mass is 648 g/mol. The Morgan fingerprint density at radius 3 is 1.02 bits per heavy atom. The fourth-order valence-electron chi connectivity index (χ4n) is 5.68. The van der Waals surface area contributed by atoms with Crippen molar-refractivity contribution < 1.29 is 28.7 Å². The lowest BCUT2D eigenvalue weighted by Gasteiger charge is -2.35. The van der Waals surface area contributed by atoms with Crippen LogP contribution < -0.4 is 5.11 Å². The Morgan fingerprint density at radius 2 is 0.750 bits per heavy atom. The number of hydrogen-bond donors (Lipinski definition) is 0. The van der Waals surface area contributed by atoms with E-state index in [0.717, 1.165) is 25.7 Å². The zero-order valence-corrected chi connectivity index (χ0v) is 30.3. The van der Waals surface area contributed by atoms with Gasteiger partial charge in [-0.15, -0.1) is 12.4 Å². The second-order valence-corrected chi connectivity index (χ2v) is 13.2. The van der Waals surface area contributed by atoms with Crippen molar-refractivity contribution in [1.29, 1.82) is 0 Å². The zero-order valence-electron chi connectivity index (χ0n) is 29.5. The van der Waals surface area contributed by atoms with Crippen molar-refractivity contribution in [2.24, 2.45) is 0 Å². The van der Waals surface area contributed by atoms with Gasteiger partial charge in [0.15, 0.2) is 0 Å². The highest BCUT2D eigenvalue weighted by atomic mass is 35.5. The van der Waals surface area contributed by atoms with Crippen molar-refractivity contribution in [3.63, 3.8) is 0 Å². The maximum Gasteiger partial charge on any atom is 0.305 e. The van der Waals surface area contributed by atoms with Crippen LogP contribution in [0.1, 0.15) is 181 Å². The predicted octanol–water partition coefficient (Wildman–Crippen LogP) is 9.48. The first kappa shape index (κ1) is 45.3. The van der Waals surface area contributed by atoms with Crippen LogP contribution in [0, 0.1) is 0 Å². The number of esters is 2. The third kappa shape index (κ3) is 32.5. The second kappa shape index (κ2) is 35.0. The first-order valence-electron chi connectivity index (χ1n) is 18.7. The molecule has 0 aliphatic heterocycles. The van der Waals surface area contributed by atoms with Gasteiger partial charge in [0.05, 0.1) is 13.6 Å². The zero-order chi connectivity index (χ0) is 31.7. The number of halogens is 1. The summed E-state index contributed by atoms with van der Waals surface area (Å²) in [7, 11) is 1.98. The highest BCUT2D eigenvalue weighted by Gasteiger charge is 2.21. The number of carbonyl (C=O) groups is 2. The van der Waals surface area contributed by atoms with E-state index in [0.29, 0.717) is 50.2 Å².